The third-order valence-corrected chi connectivity index (χ3v) is 4.87. The van der Waals surface area contributed by atoms with Crippen LogP contribution in [-0.2, 0) is 0 Å². The Bertz CT molecular complexity index is 894. The molecule has 1 fully saturated rings. The first kappa shape index (κ1) is 16.5. The van der Waals surface area contributed by atoms with Crippen molar-refractivity contribution < 1.29 is 4.79 Å². The number of nitrogens with one attached hydrogen (secondary N) is 1. The van der Waals surface area contributed by atoms with E-state index in [1.54, 1.807) is 12.4 Å². The SMILES string of the molecule is Cc1ccc(-n2nc(C(=O)NC3CCCC3)cc2-c2cccnc2)cc1. The number of benzene rings is 1. The van der Waals surface area contributed by atoms with E-state index in [2.05, 4.69) is 22.3 Å². The number of nitrogens with zero attached hydrogens (tertiary/aromatic N) is 3. The first-order valence-electron chi connectivity index (χ1n) is 9.09. The summed E-state index contributed by atoms with van der Waals surface area (Å²) in [7, 11) is 0. The maximum atomic E-state index is 12.7. The Hall–Kier alpha value is -2.95. The molecule has 2 aromatic heterocycles. The first-order valence-corrected chi connectivity index (χ1v) is 9.09. The summed E-state index contributed by atoms with van der Waals surface area (Å²) in [5.41, 5.74) is 4.34. The van der Waals surface area contributed by atoms with Crippen LogP contribution < -0.4 is 5.32 Å². The molecule has 26 heavy (non-hydrogen) atoms. The molecule has 0 unspecified atom stereocenters. The molecule has 1 aromatic carbocycles. The normalized spacial score (nSPS) is 14.5. The van der Waals surface area contributed by atoms with Crippen molar-refractivity contribution in [1.29, 1.82) is 0 Å². The van der Waals surface area contributed by atoms with Crippen LogP contribution in [0, 0.1) is 6.92 Å². The van der Waals surface area contributed by atoms with Gasteiger partial charge in [-0.25, -0.2) is 4.68 Å². The molecular weight excluding hydrogens is 324 g/mol. The number of carbonyl (C=O) groups excluding carboxylic acids is 1. The van der Waals surface area contributed by atoms with Gasteiger partial charge in [-0.2, -0.15) is 5.10 Å². The number of pyridine rings is 1. The van der Waals surface area contributed by atoms with Crippen molar-refractivity contribution in [1.82, 2.24) is 20.1 Å². The quantitative estimate of drug-likeness (QED) is 0.779. The van der Waals surface area contributed by atoms with Gasteiger partial charge in [0.2, 0.25) is 0 Å². The zero-order valence-electron chi connectivity index (χ0n) is 14.9. The maximum absolute atomic E-state index is 12.7. The summed E-state index contributed by atoms with van der Waals surface area (Å²) in [4.78, 5) is 16.9. The van der Waals surface area contributed by atoms with Gasteiger partial charge in [-0.1, -0.05) is 30.5 Å². The fourth-order valence-corrected chi connectivity index (χ4v) is 3.42. The molecule has 5 nitrogen and oxygen atoms in total. The van der Waals surface area contributed by atoms with E-state index in [1.165, 1.54) is 18.4 Å². The number of amides is 1. The van der Waals surface area contributed by atoms with Crippen molar-refractivity contribution in [2.75, 3.05) is 0 Å². The van der Waals surface area contributed by atoms with Crippen molar-refractivity contribution in [3.05, 3.63) is 66.1 Å². The third-order valence-electron chi connectivity index (χ3n) is 4.87. The van der Waals surface area contributed by atoms with Gasteiger partial charge in [0.25, 0.3) is 5.91 Å². The number of carbonyl (C=O) groups is 1. The van der Waals surface area contributed by atoms with Crippen LogP contribution in [0.3, 0.4) is 0 Å². The van der Waals surface area contributed by atoms with Crippen molar-refractivity contribution in [2.45, 2.75) is 38.6 Å². The topological polar surface area (TPSA) is 59.8 Å². The van der Waals surface area contributed by atoms with E-state index >= 15 is 0 Å². The van der Waals surface area contributed by atoms with Gasteiger partial charge >= 0.3 is 0 Å². The van der Waals surface area contributed by atoms with Gasteiger partial charge in [-0.3, -0.25) is 9.78 Å². The lowest BCUT2D eigenvalue weighted by Crippen LogP contribution is -2.32. The largest absolute Gasteiger partial charge is 0.348 e. The minimum Gasteiger partial charge on any atom is -0.348 e. The lowest BCUT2D eigenvalue weighted by atomic mass is 10.1. The Kier molecular flexibility index (Phi) is 4.52. The molecule has 2 heterocycles. The average molecular weight is 346 g/mol. The van der Waals surface area contributed by atoms with E-state index in [1.807, 2.05) is 47.1 Å². The second-order valence-corrected chi connectivity index (χ2v) is 6.86. The number of aryl methyl sites for hydroxylation is 1. The van der Waals surface area contributed by atoms with Crippen LogP contribution in [0.1, 0.15) is 41.7 Å². The minimum absolute atomic E-state index is 0.104. The zero-order valence-corrected chi connectivity index (χ0v) is 14.9. The summed E-state index contributed by atoms with van der Waals surface area (Å²) in [6.07, 6.45) is 8.01. The highest BCUT2D eigenvalue weighted by Crippen LogP contribution is 2.24. The second-order valence-electron chi connectivity index (χ2n) is 6.86. The van der Waals surface area contributed by atoms with Gasteiger partial charge in [0, 0.05) is 24.0 Å². The molecule has 0 bridgehead atoms. The summed E-state index contributed by atoms with van der Waals surface area (Å²) >= 11 is 0. The number of rotatable bonds is 4. The molecule has 3 aromatic rings. The van der Waals surface area contributed by atoms with E-state index in [0.29, 0.717) is 5.69 Å². The third kappa shape index (κ3) is 3.38. The molecule has 1 saturated carbocycles. The highest BCUT2D eigenvalue weighted by atomic mass is 16.2. The molecule has 5 heteroatoms. The Morgan fingerprint density at radius 1 is 1.15 bits per heavy atom. The number of hydrogen-bond donors (Lipinski definition) is 1. The van der Waals surface area contributed by atoms with Crippen LogP contribution in [-0.4, -0.2) is 26.7 Å². The highest BCUT2D eigenvalue weighted by Gasteiger charge is 2.21. The Morgan fingerprint density at radius 3 is 2.62 bits per heavy atom. The summed E-state index contributed by atoms with van der Waals surface area (Å²) < 4.78 is 1.82. The first-order chi connectivity index (χ1) is 12.7. The molecule has 132 valence electrons. The summed E-state index contributed by atoms with van der Waals surface area (Å²) in [5.74, 6) is -0.104. The molecule has 0 spiro atoms. The van der Waals surface area contributed by atoms with E-state index in [4.69, 9.17) is 0 Å². The fourth-order valence-electron chi connectivity index (χ4n) is 3.42. The molecular formula is C21H22N4O. The lowest BCUT2D eigenvalue weighted by molar-refractivity contribution is 0.0932. The van der Waals surface area contributed by atoms with E-state index < -0.39 is 0 Å². The second kappa shape index (κ2) is 7.12. The van der Waals surface area contributed by atoms with Gasteiger partial charge in [-0.05, 0) is 50.1 Å². The summed E-state index contributed by atoms with van der Waals surface area (Å²) in [6.45, 7) is 2.05. The smallest absolute Gasteiger partial charge is 0.272 e. The highest BCUT2D eigenvalue weighted by molar-refractivity contribution is 5.93. The number of aromatic nitrogens is 3. The van der Waals surface area contributed by atoms with E-state index in [0.717, 1.165) is 29.8 Å². The van der Waals surface area contributed by atoms with Crippen LogP contribution in [0.25, 0.3) is 16.9 Å². The molecule has 0 radical (unpaired) electrons. The van der Waals surface area contributed by atoms with Crippen LogP contribution in [0.4, 0.5) is 0 Å². The number of hydrogen-bond acceptors (Lipinski definition) is 3. The van der Waals surface area contributed by atoms with Crippen molar-refractivity contribution in [3.63, 3.8) is 0 Å². The Morgan fingerprint density at radius 2 is 1.92 bits per heavy atom. The molecule has 0 atom stereocenters. The standard InChI is InChI=1S/C21H22N4O/c1-15-8-10-18(11-9-15)25-20(16-5-4-12-22-14-16)13-19(24-25)21(26)23-17-6-2-3-7-17/h4-5,8-14,17H,2-3,6-7H2,1H3,(H,23,26). The van der Waals surface area contributed by atoms with Gasteiger partial charge in [0.1, 0.15) is 0 Å². The summed E-state index contributed by atoms with van der Waals surface area (Å²) in [5, 5.41) is 7.72. The molecule has 1 aliphatic carbocycles. The predicted octanol–water partition coefficient (Wildman–Crippen LogP) is 3.92. The fraction of sp³-hybridized carbons (Fsp3) is 0.286. The van der Waals surface area contributed by atoms with Crippen LogP contribution in [0.15, 0.2) is 54.9 Å². The van der Waals surface area contributed by atoms with E-state index in [-0.39, 0.29) is 11.9 Å². The summed E-state index contributed by atoms with van der Waals surface area (Å²) in [6, 6.07) is 14.1. The molecule has 1 aliphatic rings. The monoisotopic (exact) mass is 346 g/mol. The molecule has 0 saturated heterocycles. The Labute approximate surface area is 153 Å². The van der Waals surface area contributed by atoms with Gasteiger partial charge in [0.15, 0.2) is 5.69 Å². The zero-order chi connectivity index (χ0) is 17.9. The van der Waals surface area contributed by atoms with Gasteiger partial charge in [0.05, 0.1) is 11.4 Å². The molecule has 0 aliphatic heterocycles. The van der Waals surface area contributed by atoms with Gasteiger partial charge < -0.3 is 5.32 Å². The van der Waals surface area contributed by atoms with Crippen molar-refractivity contribution >= 4 is 5.91 Å². The van der Waals surface area contributed by atoms with Crippen LogP contribution >= 0.6 is 0 Å². The van der Waals surface area contributed by atoms with Crippen LogP contribution in [0.2, 0.25) is 0 Å². The average Bonchev–Trinajstić information content (AvgIpc) is 3.33. The predicted molar refractivity (Wildman–Crippen MR) is 101 cm³/mol. The van der Waals surface area contributed by atoms with Crippen molar-refractivity contribution in [3.8, 4) is 16.9 Å². The maximum Gasteiger partial charge on any atom is 0.272 e. The van der Waals surface area contributed by atoms with Crippen molar-refractivity contribution in [2.24, 2.45) is 0 Å². The molecule has 1 amide bonds. The van der Waals surface area contributed by atoms with E-state index in [9.17, 15) is 4.79 Å². The van der Waals surface area contributed by atoms with Gasteiger partial charge in [-0.15, -0.1) is 0 Å². The minimum atomic E-state index is -0.104. The molecule has 1 N–H and O–H groups in total. The molecule has 4 rings (SSSR count). The Balaban J connectivity index is 1.72. The van der Waals surface area contributed by atoms with Crippen LogP contribution in [0.5, 0.6) is 0 Å². The lowest BCUT2D eigenvalue weighted by Gasteiger charge is -2.10.